The lowest BCUT2D eigenvalue weighted by molar-refractivity contribution is -0.137. The topological polar surface area (TPSA) is 57.4 Å². The third-order valence-electron chi connectivity index (χ3n) is 3.62. The Bertz CT molecular complexity index is 1080. The van der Waals surface area contributed by atoms with Gasteiger partial charge in [0.25, 0.3) is 10.4 Å². The van der Waals surface area contributed by atoms with Crippen molar-refractivity contribution >= 4 is 46.4 Å². The van der Waals surface area contributed by atoms with Crippen LogP contribution in [0, 0.1) is 0 Å². The zero-order chi connectivity index (χ0) is 22.6. The number of hydrogen-bond donors (Lipinski definition) is 0. The molecular weight excluding hydrogens is 503 g/mol. The minimum absolute atomic E-state index is 0.0107. The summed E-state index contributed by atoms with van der Waals surface area (Å²) in [6, 6.07) is 10.9. The summed E-state index contributed by atoms with van der Waals surface area (Å²) in [5.74, 6) is 0.518. The Morgan fingerprint density at radius 3 is 2.45 bits per heavy atom. The van der Waals surface area contributed by atoms with Crippen LogP contribution in [0.25, 0.3) is 11.4 Å². The van der Waals surface area contributed by atoms with Crippen molar-refractivity contribution in [2.45, 2.75) is 17.3 Å². The second-order valence-electron chi connectivity index (χ2n) is 5.95. The zero-order valence-corrected chi connectivity index (χ0v) is 18.2. The molecule has 3 aromatic rings. The molecule has 0 aliphatic rings. The van der Waals surface area contributed by atoms with E-state index >= 15 is 0 Å². The van der Waals surface area contributed by atoms with Crippen molar-refractivity contribution in [3.8, 4) is 22.9 Å². The molecule has 0 aliphatic carbocycles. The molecule has 1 aromatic heterocycles. The largest absolute Gasteiger partial charge is 0.484 e. The monoisotopic (exact) mass is 512 g/mol. The van der Waals surface area contributed by atoms with E-state index in [4.69, 9.17) is 60.4 Å². The first-order valence-corrected chi connectivity index (χ1v) is 9.87. The van der Waals surface area contributed by atoms with Crippen molar-refractivity contribution in [2.75, 3.05) is 0 Å². The average Bonchev–Trinajstić information content (AvgIpc) is 3.14. The summed E-state index contributed by atoms with van der Waals surface area (Å²) >= 11 is 23.0. The molecule has 0 saturated heterocycles. The fourth-order valence-corrected chi connectivity index (χ4v) is 3.28. The van der Waals surface area contributed by atoms with Crippen molar-refractivity contribution < 1.29 is 27.2 Å². The molecule has 0 bridgehead atoms. The van der Waals surface area contributed by atoms with Crippen LogP contribution in [0.1, 0.15) is 11.5 Å². The van der Waals surface area contributed by atoms with Crippen LogP contribution >= 0.6 is 46.4 Å². The van der Waals surface area contributed by atoms with Gasteiger partial charge in [-0.1, -0.05) is 69.8 Å². The smallest absolute Gasteiger partial charge is 0.416 e. The highest BCUT2D eigenvalue weighted by Crippen LogP contribution is 2.33. The number of ether oxygens (including phenoxy) is 2. The molecule has 0 fully saturated rings. The molecule has 0 atom stereocenters. The normalized spacial score (nSPS) is 11.8. The quantitative estimate of drug-likeness (QED) is 0.313. The van der Waals surface area contributed by atoms with Crippen molar-refractivity contribution in [3.63, 3.8) is 0 Å². The Labute approximate surface area is 194 Å². The van der Waals surface area contributed by atoms with E-state index in [-0.39, 0.29) is 34.3 Å². The van der Waals surface area contributed by atoms with Crippen molar-refractivity contribution in [2.24, 2.45) is 0 Å². The fraction of sp³-hybridized carbons (Fsp3) is 0.158. The Balaban J connectivity index is 1.69. The standard InChI is InChI=1S/C19H11Cl4F3N2O3/c20-15(21)9-18(22,23)30-14-6-1-3-11(7-14)17-27-16(31-28-17)10-29-13-5-2-4-12(8-13)19(24,25)26/h1-9H,10H2. The minimum atomic E-state index is -4.47. The van der Waals surface area contributed by atoms with Gasteiger partial charge in [-0.2, -0.15) is 18.2 Å². The van der Waals surface area contributed by atoms with Crippen LogP contribution in [-0.4, -0.2) is 14.7 Å². The second-order valence-corrected chi connectivity index (χ2v) is 8.28. The Morgan fingerprint density at radius 1 is 1.03 bits per heavy atom. The summed E-state index contributed by atoms with van der Waals surface area (Å²) in [5.41, 5.74) is -0.329. The van der Waals surface area contributed by atoms with E-state index in [1.54, 1.807) is 18.2 Å². The van der Waals surface area contributed by atoms with Gasteiger partial charge in [0, 0.05) is 11.6 Å². The molecular formula is C19H11Cl4F3N2O3. The van der Waals surface area contributed by atoms with Crippen LogP contribution in [0.15, 0.2) is 63.6 Å². The second kappa shape index (κ2) is 9.56. The lowest BCUT2D eigenvalue weighted by atomic mass is 10.2. The van der Waals surface area contributed by atoms with Gasteiger partial charge in [0.15, 0.2) is 6.61 Å². The van der Waals surface area contributed by atoms with Crippen LogP contribution in [0.3, 0.4) is 0 Å². The molecule has 0 aliphatic heterocycles. The predicted molar refractivity (Wildman–Crippen MR) is 110 cm³/mol. The lowest BCUT2D eigenvalue weighted by Crippen LogP contribution is -2.18. The molecule has 0 spiro atoms. The number of nitrogens with zero attached hydrogens (tertiary/aromatic N) is 2. The van der Waals surface area contributed by atoms with Crippen molar-refractivity contribution in [1.29, 1.82) is 0 Å². The van der Waals surface area contributed by atoms with E-state index in [1.807, 2.05) is 0 Å². The SMILES string of the molecule is FC(F)(F)c1cccc(OCc2nc(-c3cccc(OC(Cl)(Cl)C=C(Cl)Cl)c3)no2)c1. The number of rotatable bonds is 7. The molecule has 0 radical (unpaired) electrons. The highest BCUT2D eigenvalue weighted by atomic mass is 35.5. The number of aromatic nitrogens is 2. The zero-order valence-electron chi connectivity index (χ0n) is 15.2. The lowest BCUT2D eigenvalue weighted by Gasteiger charge is -2.17. The molecule has 0 amide bonds. The Hall–Kier alpha value is -2.13. The molecule has 0 N–H and O–H groups in total. The molecule has 31 heavy (non-hydrogen) atoms. The molecule has 0 saturated carbocycles. The van der Waals surface area contributed by atoms with Crippen molar-refractivity contribution in [1.82, 2.24) is 10.1 Å². The van der Waals surface area contributed by atoms with Gasteiger partial charge in [0.1, 0.15) is 16.0 Å². The third kappa shape index (κ3) is 6.93. The summed E-state index contributed by atoms with van der Waals surface area (Å²) < 4.78 is 52.2. The first kappa shape index (κ1) is 23.5. The summed E-state index contributed by atoms with van der Waals surface area (Å²) in [6.07, 6.45) is -3.39. The molecule has 1 heterocycles. The van der Waals surface area contributed by atoms with Gasteiger partial charge in [-0.15, -0.1) is 0 Å². The number of benzene rings is 2. The number of hydrogen-bond acceptors (Lipinski definition) is 5. The van der Waals surface area contributed by atoms with Gasteiger partial charge in [0.2, 0.25) is 5.82 Å². The fourth-order valence-electron chi connectivity index (χ4n) is 2.35. The van der Waals surface area contributed by atoms with Crippen LogP contribution in [0.5, 0.6) is 11.5 Å². The van der Waals surface area contributed by atoms with E-state index in [0.29, 0.717) is 5.56 Å². The predicted octanol–water partition coefficient (Wildman–Crippen LogP) is 7.16. The first-order valence-electron chi connectivity index (χ1n) is 8.36. The molecule has 2 aromatic carbocycles. The highest BCUT2D eigenvalue weighted by Gasteiger charge is 2.30. The van der Waals surface area contributed by atoms with E-state index in [2.05, 4.69) is 10.1 Å². The van der Waals surface area contributed by atoms with E-state index in [1.165, 1.54) is 18.2 Å². The van der Waals surface area contributed by atoms with E-state index in [9.17, 15) is 13.2 Å². The van der Waals surface area contributed by atoms with Crippen molar-refractivity contribution in [3.05, 3.63) is 70.6 Å². The minimum Gasteiger partial charge on any atom is -0.484 e. The van der Waals surface area contributed by atoms with Gasteiger partial charge >= 0.3 is 6.18 Å². The van der Waals surface area contributed by atoms with E-state index < -0.39 is 16.3 Å². The maximum absolute atomic E-state index is 12.8. The molecule has 0 unspecified atom stereocenters. The van der Waals surface area contributed by atoms with Gasteiger partial charge in [-0.25, -0.2) is 0 Å². The number of halogens is 7. The summed E-state index contributed by atoms with van der Waals surface area (Å²) in [5, 5.41) is 3.82. The summed E-state index contributed by atoms with van der Waals surface area (Å²) in [7, 11) is 0. The molecule has 5 nitrogen and oxygen atoms in total. The van der Waals surface area contributed by atoms with Crippen LogP contribution < -0.4 is 9.47 Å². The summed E-state index contributed by atoms with van der Waals surface area (Å²) in [4.78, 5) is 4.15. The van der Waals surface area contributed by atoms with Gasteiger partial charge in [0.05, 0.1) is 5.56 Å². The van der Waals surface area contributed by atoms with E-state index in [0.717, 1.165) is 18.2 Å². The molecule has 164 valence electrons. The average molecular weight is 514 g/mol. The Kier molecular flexibility index (Phi) is 7.26. The summed E-state index contributed by atoms with van der Waals surface area (Å²) in [6.45, 7) is -0.226. The maximum Gasteiger partial charge on any atom is 0.416 e. The van der Waals surface area contributed by atoms with Crippen LogP contribution in [-0.2, 0) is 12.8 Å². The maximum atomic E-state index is 12.8. The van der Waals surface area contributed by atoms with Gasteiger partial charge in [-0.05, 0) is 30.3 Å². The first-order chi connectivity index (χ1) is 14.5. The van der Waals surface area contributed by atoms with Crippen LogP contribution in [0.2, 0.25) is 0 Å². The Morgan fingerprint density at radius 2 is 1.74 bits per heavy atom. The molecule has 3 rings (SSSR count). The number of alkyl halides is 5. The van der Waals surface area contributed by atoms with Gasteiger partial charge < -0.3 is 14.0 Å². The third-order valence-corrected chi connectivity index (χ3v) is 4.21. The van der Waals surface area contributed by atoms with Gasteiger partial charge in [-0.3, -0.25) is 0 Å². The highest BCUT2D eigenvalue weighted by molar-refractivity contribution is 6.57. The van der Waals surface area contributed by atoms with Crippen LogP contribution in [0.4, 0.5) is 13.2 Å². The molecule has 12 heteroatoms.